The first-order valence-corrected chi connectivity index (χ1v) is 10.6. The number of benzene rings is 1. The topological polar surface area (TPSA) is 38.1 Å². The molecule has 138 valence electrons. The average Bonchev–Trinajstić information content (AvgIpc) is 3.08. The summed E-state index contributed by atoms with van der Waals surface area (Å²) < 4.78 is 2.03. The molecule has 0 unspecified atom stereocenters. The summed E-state index contributed by atoms with van der Waals surface area (Å²) in [5, 5.41) is 6.93. The van der Waals surface area contributed by atoms with Crippen LogP contribution in [0.25, 0.3) is 5.69 Å². The van der Waals surface area contributed by atoms with Crippen molar-refractivity contribution in [1.82, 2.24) is 14.7 Å². The molecule has 1 amide bonds. The molecule has 2 heterocycles. The van der Waals surface area contributed by atoms with Gasteiger partial charge in [-0.15, -0.1) is 11.3 Å². The Morgan fingerprint density at radius 2 is 2.07 bits per heavy atom. The van der Waals surface area contributed by atoms with Crippen LogP contribution in [0.3, 0.4) is 0 Å². The van der Waals surface area contributed by atoms with Crippen LogP contribution in [0.1, 0.15) is 51.4 Å². The maximum Gasteiger partial charge on any atom is 0.275 e. The van der Waals surface area contributed by atoms with E-state index >= 15 is 0 Å². The highest BCUT2D eigenvalue weighted by Crippen LogP contribution is 2.34. The number of aromatic nitrogens is 2. The van der Waals surface area contributed by atoms with Gasteiger partial charge in [-0.1, -0.05) is 24.3 Å². The molecule has 27 heavy (non-hydrogen) atoms. The van der Waals surface area contributed by atoms with Crippen molar-refractivity contribution in [1.29, 1.82) is 0 Å². The fourth-order valence-electron chi connectivity index (χ4n) is 4.07. The van der Waals surface area contributed by atoms with Crippen LogP contribution in [0.4, 0.5) is 0 Å². The third kappa shape index (κ3) is 3.00. The van der Waals surface area contributed by atoms with E-state index in [1.165, 1.54) is 21.7 Å². The van der Waals surface area contributed by atoms with Gasteiger partial charge >= 0.3 is 0 Å². The fraction of sp³-hybridized carbons (Fsp3) is 0.364. The number of carbonyl (C=O) groups excluding carboxylic acids is 1. The van der Waals surface area contributed by atoms with Gasteiger partial charge in [0, 0.05) is 22.2 Å². The molecule has 2 aliphatic carbocycles. The molecule has 1 fully saturated rings. The normalized spacial score (nSPS) is 15.7. The molecule has 0 radical (unpaired) electrons. The number of nitrogens with zero attached hydrogens (tertiary/aromatic N) is 3. The van der Waals surface area contributed by atoms with Gasteiger partial charge < -0.3 is 4.90 Å². The maximum atomic E-state index is 13.5. The third-order valence-corrected chi connectivity index (χ3v) is 6.49. The van der Waals surface area contributed by atoms with Crippen LogP contribution >= 0.6 is 11.3 Å². The van der Waals surface area contributed by atoms with Gasteiger partial charge in [-0.25, -0.2) is 4.68 Å². The zero-order valence-corrected chi connectivity index (χ0v) is 16.3. The predicted molar refractivity (Wildman–Crippen MR) is 108 cm³/mol. The van der Waals surface area contributed by atoms with Crippen molar-refractivity contribution in [3.63, 3.8) is 0 Å². The van der Waals surface area contributed by atoms with Crippen LogP contribution in [0.5, 0.6) is 0 Å². The molecule has 0 saturated heterocycles. The summed E-state index contributed by atoms with van der Waals surface area (Å²) >= 11 is 1.72. The van der Waals surface area contributed by atoms with E-state index in [0.717, 1.165) is 37.8 Å². The fourth-order valence-corrected chi connectivity index (χ4v) is 4.77. The monoisotopic (exact) mass is 377 g/mol. The van der Waals surface area contributed by atoms with Crippen LogP contribution < -0.4 is 0 Å². The summed E-state index contributed by atoms with van der Waals surface area (Å²) in [6, 6.07) is 12.8. The van der Waals surface area contributed by atoms with Crippen molar-refractivity contribution in [3.05, 3.63) is 69.2 Å². The highest BCUT2D eigenvalue weighted by molar-refractivity contribution is 7.09. The molecule has 0 aliphatic heterocycles. The Hall–Kier alpha value is -2.40. The predicted octanol–water partition coefficient (Wildman–Crippen LogP) is 4.54. The van der Waals surface area contributed by atoms with Gasteiger partial charge in [-0.05, 0) is 62.1 Å². The summed E-state index contributed by atoms with van der Waals surface area (Å²) in [7, 11) is 0. The molecule has 5 rings (SSSR count). The van der Waals surface area contributed by atoms with Gasteiger partial charge in [0.25, 0.3) is 5.91 Å². The molecule has 1 aromatic carbocycles. The van der Waals surface area contributed by atoms with Gasteiger partial charge in [0.15, 0.2) is 5.69 Å². The summed E-state index contributed by atoms with van der Waals surface area (Å²) in [5.41, 5.74) is 5.34. The first-order valence-electron chi connectivity index (χ1n) is 9.72. The molecule has 0 spiro atoms. The van der Waals surface area contributed by atoms with Crippen LogP contribution in [0.2, 0.25) is 0 Å². The van der Waals surface area contributed by atoms with E-state index in [0.29, 0.717) is 18.3 Å². The van der Waals surface area contributed by atoms with Gasteiger partial charge in [-0.2, -0.15) is 5.10 Å². The Morgan fingerprint density at radius 3 is 2.81 bits per heavy atom. The van der Waals surface area contributed by atoms with E-state index in [1.54, 1.807) is 11.3 Å². The minimum absolute atomic E-state index is 0.108. The van der Waals surface area contributed by atoms with Crippen LogP contribution in [-0.2, 0) is 19.4 Å². The van der Waals surface area contributed by atoms with Crippen LogP contribution in [0.15, 0.2) is 41.8 Å². The highest BCUT2D eigenvalue weighted by atomic mass is 32.1. The largest absolute Gasteiger partial charge is 0.329 e. The summed E-state index contributed by atoms with van der Waals surface area (Å²) in [6.07, 6.45) is 5.28. The zero-order valence-electron chi connectivity index (χ0n) is 15.5. The van der Waals surface area contributed by atoms with Crippen molar-refractivity contribution in [3.8, 4) is 5.69 Å². The zero-order chi connectivity index (χ0) is 18.4. The van der Waals surface area contributed by atoms with E-state index in [-0.39, 0.29) is 5.91 Å². The molecule has 0 N–H and O–H groups in total. The lowest BCUT2D eigenvalue weighted by Crippen LogP contribution is -2.33. The molecule has 2 aliphatic rings. The number of para-hydroxylation sites is 1. The van der Waals surface area contributed by atoms with Gasteiger partial charge in [0.05, 0.1) is 12.2 Å². The number of amides is 1. The number of thiophene rings is 1. The van der Waals surface area contributed by atoms with Crippen LogP contribution in [0, 0.1) is 6.92 Å². The lowest BCUT2D eigenvalue weighted by atomic mass is 10.1. The molecule has 3 aromatic rings. The number of hydrogen-bond donors (Lipinski definition) is 0. The van der Waals surface area contributed by atoms with E-state index in [4.69, 9.17) is 5.10 Å². The first kappa shape index (κ1) is 16.8. The second kappa shape index (κ2) is 6.64. The number of hydrogen-bond acceptors (Lipinski definition) is 3. The van der Waals surface area contributed by atoms with Gasteiger partial charge in [0.2, 0.25) is 0 Å². The molecular formula is C22H23N3OS. The Balaban J connectivity index is 1.54. The lowest BCUT2D eigenvalue weighted by Gasteiger charge is -2.21. The van der Waals surface area contributed by atoms with Crippen molar-refractivity contribution in [2.24, 2.45) is 0 Å². The van der Waals surface area contributed by atoms with Crippen molar-refractivity contribution >= 4 is 17.2 Å². The molecule has 5 heteroatoms. The second-order valence-corrected chi connectivity index (χ2v) is 8.60. The second-order valence-electron chi connectivity index (χ2n) is 7.57. The lowest BCUT2D eigenvalue weighted by molar-refractivity contribution is 0.0724. The molecule has 2 aromatic heterocycles. The quantitative estimate of drug-likeness (QED) is 0.655. The Labute approximate surface area is 163 Å². The standard InChI is InChI=1S/C22H23N3OS/c1-15-6-2-3-9-19(15)25-20-10-4-8-18(20)21(23-25)22(26)24(16-11-12-16)14-17-7-5-13-27-17/h2-3,5-7,9,13,16H,4,8,10-12,14H2,1H3. The summed E-state index contributed by atoms with van der Waals surface area (Å²) in [4.78, 5) is 16.8. The maximum absolute atomic E-state index is 13.5. The molecule has 0 bridgehead atoms. The van der Waals surface area contributed by atoms with E-state index in [1.807, 2.05) is 16.8 Å². The van der Waals surface area contributed by atoms with Crippen molar-refractivity contribution in [2.45, 2.75) is 51.6 Å². The van der Waals surface area contributed by atoms with E-state index < -0.39 is 0 Å². The minimum atomic E-state index is 0.108. The Bertz CT molecular complexity index is 985. The summed E-state index contributed by atoms with van der Waals surface area (Å²) in [6.45, 7) is 2.81. The van der Waals surface area contributed by atoms with Gasteiger partial charge in [0.1, 0.15) is 0 Å². The Morgan fingerprint density at radius 1 is 1.22 bits per heavy atom. The number of carbonyl (C=O) groups is 1. The van der Waals surface area contributed by atoms with E-state index in [2.05, 4.69) is 41.5 Å². The third-order valence-electron chi connectivity index (χ3n) is 5.63. The first-order chi connectivity index (χ1) is 13.2. The van der Waals surface area contributed by atoms with E-state index in [9.17, 15) is 4.79 Å². The number of aryl methyl sites for hydroxylation is 1. The van der Waals surface area contributed by atoms with Crippen LogP contribution in [-0.4, -0.2) is 26.6 Å². The minimum Gasteiger partial charge on any atom is -0.329 e. The number of rotatable bonds is 5. The number of fused-ring (bicyclic) bond motifs is 1. The smallest absolute Gasteiger partial charge is 0.275 e. The molecule has 1 saturated carbocycles. The highest BCUT2D eigenvalue weighted by Gasteiger charge is 2.37. The average molecular weight is 378 g/mol. The molecule has 0 atom stereocenters. The van der Waals surface area contributed by atoms with Crippen molar-refractivity contribution in [2.75, 3.05) is 0 Å². The molecule has 4 nitrogen and oxygen atoms in total. The van der Waals surface area contributed by atoms with Crippen molar-refractivity contribution < 1.29 is 4.79 Å². The Kier molecular flexibility index (Phi) is 4.12. The summed E-state index contributed by atoms with van der Waals surface area (Å²) in [5.74, 6) is 0.108. The molecular weight excluding hydrogens is 354 g/mol. The van der Waals surface area contributed by atoms with Gasteiger partial charge in [-0.3, -0.25) is 4.79 Å². The SMILES string of the molecule is Cc1ccccc1-n1nc(C(=O)N(Cc2cccs2)C2CC2)c2c1CCC2.